The van der Waals surface area contributed by atoms with Crippen LogP contribution in [0.1, 0.15) is 17.5 Å². The number of aryl methyl sites for hydroxylation is 2. The van der Waals surface area contributed by atoms with Gasteiger partial charge in [-0.1, -0.05) is 17.7 Å². The van der Waals surface area contributed by atoms with Gasteiger partial charge in [-0.2, -0.15) is 0 Å². The van der Waals surface area contributed by atoms with Gasteiger partial charge in [-0.3, -0.25) is 20.4 Å². The topological polar surface area (TPSA) is 88.7 Å². The predicted octanol–water partition coefficient (Wildman–Crippen LogP) is 2.20. The van der Waals surface area contributed by atoms with E-state index in [1.54, 1.807) is 20.3 Å². The zero-order valence-corrected chi connectivity index (χ0v) is 15.8. The molecule has 2 rings (SSSR count). The van der Waals surface area contributed by atoms with Crippen LogP contribution < -0.4 is 25.6 Å². The fourth-order valence-electron chi connectivity index (χ4n) is 2.37. The predicted molar refractivity (Wildman–Crippen MR) is 104 cm³/mol. The van der Waals surface area contributed by atoms with Crippen LogP contribution in [0.2, 0.25) is 0 Å². The van der Waals surface area contributed by atoms with Crippen LogP contribution in [0.15, 0.2) is 42.5 Å². The van der Waals surface area contributed by atoms with Gasteiger partial charge in [-0.25, -0.2) is 0 Å². The maximum atomic E-state index is 11.9. The van der Waals surface area contributed by atoms with Gasteiger partial charge in [-0.05, 0) is 43.2 Å². The average Bonchev–Trinajstić information content (AvgIpc) is 2.69. The molecule has 0 radical (unpaired) electrons. The highest BCUT2D eigenvalue weighted by atomic mass is 16.5. The second-order valence-corrected chi connectivity index (χ2v) is 6.04. The number of carbonyl (C=O) groups excluding carboxylic acids is 2. The van der Waals surface area contributed by atoms with Crippen LogP contribution in [0.4, 0.5) is 5.69 Å². The first-order valence-electron chi connectivity index (χ1n) is 8.60. The van der Waals surface area contributed by atoms with E-state index in [-0.39, 0.29) is 24.8 Å². The van der Waals surface area contributed by atoms with Crippen molar-refractivity contribution in [1.82, 2.24) is 10.9 Å². The summed E-state index contributed by atoms with van der Waals surface area (Å²) in [7, 11) is 3.15. The van der Waals surface area contributed by atoms with E-state index in [1.807, 2.05) is 43.3 Å². The second-order valence-electron chi connectivity index (χ2n) is 6.04. The third-order valence-electron chi connectivity index (χ3n) is 3.90. The summed E-state index contributed by atoms with van der Waals surface area (Å²) in [6.07, 6.45) is 0.721. The van der Waals surface area contributed by atoms with Crippen molar-refractivity contribution < 1.29 is 19.1 Å². The van der Waals surface area contributed by atoms with E-state index in [9.17, 15) is 9.59 Å². The van der Waals surface area contributed by atoms with Crippen LogP contribution in [0, 0.1) is 6.92 Å². The Bertz CT molecular complexity index is 753. The largest absolute Gasteiger partial charge is 0.497 e. The lowest BCUT2D eigenvalue weighted by atomic mass is 10.1. The standard InChI is InChI=1S/C20H25N3O4/c1-14-4-7-16(8-5-14)21-13-20(25)23-22-19(24)9-6-15-10-17(26-2)12-18(11-15)27-3/h4-5,7-8,10-12,21H,6,9,13H2,1-3H3,(H,22,24)(H,23,25). The Kier molecular flexibility index (Phi) is 7.49. The van der Waals surface area contributed by atoms with Crippen LogP contribution in [0.5, 0.6) is 11.5 Å². The molecule has 0 spiro atoms. The van der Waals surface area contributed by atoms with Gasteiger partial charge in [0.2, 0.25) is 5.91 Å². The number of ether oxygens (including phenoxy) is 2. The second kappa shape index (κ2) is 10.1. The van der Waals surface area contributed by atoms with Gasteiger partial charge in [0.25, 0.3) is 5.91 Å². The molecule has 0 aliphatic heterocycles. The number of hydrogen-bond donors (Lipinski definition) is 3. The number of benzene rings is 2. The molecule has 2 aromatic carbocycles. The fraction of sp³-hybridized carbons (Fsp3) is 0.300. The lowest BCUT2D eigenvalue weighted by Gasteiger charge is -2.10. The third kappa shape index (κ3) is 6.89. The van der Waals surface area contributed by atoms with Crippen LogP contribution in [-0.2, 0) is 16.0 Å². The summed E-state index contributed by atoms with van der Waals surface area (Å²) in [5, 5.41) is 2.99. The van der Waals surface area contributed by atoms with Gasteiger partial charge < -0.3 is 14.8 Å². The molecular weight excluding hydrogens is 346 g/mol. The highest BCUT2D eigenvalue weighted by Gasteiger charge is 2.07. The van der Waals surface area contributed by atoms with Gasteiger partial charge in [0.1, 0.15) is 11.5 Å². The number of rotatable bonds is 8. The first-order valence-corrected chi connectivity index (χ1v) is 8.60. The van der Waals surface area contributed by atoms with Crippen LogP contribution in [-0.4, -0.2) is 32.6 Å². The van der Waals surface area contributed by atoms with Crippen LogP contribution in [0.25, 0.3) is 0 Å². The van der Waals surface area contributed by atoms with E-state index in [2.05, 4.69) is 16.2 Å². The molecule has 0 unspecified atom stereocenters. The Labute approximate surface area is 159 Å². The lowest BCUT2D eigenvalue weighted by molar-refractivity contribution is -0.128. The quantitative estimate of drug-likeness (QED) is 0.619. The maximum Gasteiger partial charge on any atom is 0.257 e. The number of hydrogen-bond acceptors (Lipinski definition) is 5. The molecule has 2 aromatic rings. The smallest absolute Gasteiger partial charge is 0.257 e. The van der Waals surface area contributed by atoms with E-state index in [0.29, 0.717) is 17.9 Å². The molecule has 0 fully saturated rings. The number of amides is 2. The Hall–Kier alpha value is -3.22. The SMILES string of the molecule is COc1cc(CCC(=O)NNC(=O)CNc2ccc(C)cc2)cc(OC)c1. The van der Waals surface area contributed by atoms with Crippen LogP contribution in [0.3, 0.4) is 0 Å². The minimum atomic E-state index is -0.327. The number of carbonyl (C=O) groups is 2. The average molecular weight is 371 g/mol. The molecule has 0 aliphatic rings. The fourth-order valence-corrected chi connectivity index (χ4v) is 2.37. The number of anilines is 1. The van der Waals surface area contributed by atoms with Crippen molar-refractivity contribution in [1.29, 1.82) is 0 Å². The van der Waals surface area contributed by atoms with E-state index >= 15 is 0 Å². The molecule has 0 saturated heterocycles. The Morgan fingerprint density at radius 3 is 2.07 bits per heavy atom. The summed E-state index contributed by atoms with van der Waals surface area (Å²) in [5.74, 6) is 0.730. The van der Waals surface area contributed by atoms with E-state index in [1.165, 1.54) is 0 Å². The first kappa shape index (κ1) is 20.1. The molecule has 7 heteroatoms. The van der Waals surface area contributed by atoms with Crippen molar-refractivity contribution in [3.8, 4) is 11.5 Å². The summed E-state index contributed by atoms with van der Waals surface area (Å²) in [5.41, 5.74) is 7.71. The number of hydrazine groups is 1. The molecule has 0 heterocycles. The van der Waals surface area contributed by atoms with Crippen molar-refractivity contribution in [3.63, 3.8) is 0 Å². The molecule has 0 aliphatic carbocycles. The Morgan fingerprint density at radius 2 is 1.48 bits per heavy atom. The monoisotopic (exact) mass is 371 g/mol. The number of methoxy groups -OCH3 is 2. The molecule has 0 atom stereocenters. The van der Waals surface area contributed by atoms with Crippen molar-refractivity contribution >= 4 is 17.5 Å². The summed E-state index contributed by atoms with van der Waals surface area (Å²) in [6.45, 7) is 2.06. The molecule has 144 valence electrons. The third-order valence-corrected chi connectivity index (χ3v) is 3.90. The van der Waals surface area contributed by atoms with E-state index in [0.717, 1.165) is 16.8 Å². The van der Waals surface area contributed by atoms with Gasteiger partial charge in [-0.15, -0.1) is 0 Å². The lowest BCUT2D eigenvalue weighted by Crippen LogP contribution is -2.44. The minimum Gasteiger partial charge on any atom is -0.497 e. The van der Waals surface area contributed by atoms with E-state index < -0.39 is 0 Å². The van der Waals surface area contributed by atoms with Crippen molar-refractivity contribution in [2.45, 2.75) is 19.8 Å². The zero-order chi connectivity index (χ0) is 19.6. The summed E-state index contributed by atoms with van der Waals surface area (Å²) in [6, 6.07) is 13.2. The molecule has 0 saturated carbocycles. The van der Waals surface area contributed by atoms with Crippen molar-refractivity contribution in [3.05, 3.63) is 53.6 Å². The summed E-state index contributed by atoms with van der Waals surface area (Å²) in [4.78, 5) is 23.7. The van der Waals surface area contributed by atoms with Crippen molar-refractivity contribution in [2.24, 2.45) is 0 Å². The molecular formula is C20H25N3O4. The Balaban J connectivity index is 1.72. The van der Waals surface area contributed by atoms with E-state index in [4.69, 9.17) is 9.47 Å². The molecule has 3 N–H and O–H groups in total. The molecule has 2 amide bonds. The van der Waals surface area contributed by atoms with Crippen LogP contribution >= 0.6 is 0 Å². The summed E-state index contributed by atoms with van der Waals surface area (Å²) < 4.78 is 10.4. The highest BCUT2D eigenvalue weighted by Crippen LogP contribution is 2.23. The molecule has 27 heavy (non-hydrogen) atoms. The van der Waals surface area contributed by atoms with Gasteiger partial charge in [0, 0.05) is 18.2 Å². The minimum absolute atomic E-state index is 0.0659. The van der Waals surface area contributed by atoms with Gasteiger partial charge >= 0.3 is 0 Å². The zero-order valence-electron chi connectivity index (χ0n) is 15.8. The normalized spacial score (nSPS) is 10.0. The molecule has 7 nitrogen and oxygen atoms in total. The maximum absolute atomic E-state index is 11.9. The van der Waals surface area contributed by atoms with Gasteiger partial charge in [0.15, 0.2) is 0 Å². The molecule has 0 bridgehead atoms. The first-order chi connectivity index (χ1) is 13.0. The molecule has 0 aromatic heterocycles. The van der Waals surface area contributed by atoms with Crippen molar-refractivity contribution in [2.75, 3.05) is 26.1 Å². The highest BCUT2D eigenvalue weighted by molar-refractivity contribution is 5.84. The number of nitrogens with one attached hydrogen (secondary N) is 3. The van der Waals surface area contributed by atoms with Gasteiger partial charge in [0.05, 0.1) is 20.8 Å². The summed E-state index contributed by atoms with van der Waals surface area (Å²) >= 11 is 0. The Morgan fingerprint density at radius 1 is 0.889 bits per heavy atom.